The second kappa shape index (κ2) is 6.75. The maximum Gasteiger partial charge on any atom is 0.260 e. The van der Waals surface area contributed by atoms with Gasteiger partial charge in [-0.25, -0.2) is 0 Å². The summed E-state index contributed by atoms with van der Waals surface area (Å²) >= 11 is 0. The molecule has 0 aromatic carbocycles. The summed E-state index contributed by atoms with van der Waals surface area (Å²) in [4.78, 5) is 35.4. The summed E-state index contributed by atoms with van der Waals surface area (Å²) in [5.41, 5.74) is 1.69. The molecule has 23 heavy (non-hydrogen) atoms. The van der Waals surface area contributed by atoms with Gasteiger partial charge in [-0.2, -0.15) is 0 Å². The molecule has 2 aromatic heterocycles. The molecule has 3 heterocycles. The zero-order chi connectivity index (χ0) is 16.2. The number of H-pyrrole nitrogens is 1. The van der Waals surface area contributed by atoms with Gasteiger partial charge in [-0.15, -0.1) is 0 Å². The molecule has 1 aliphatic rings. The quantitative estimate of drug-likeness (QED) is 0.919. The number of aryl methyl sites for hydroxylation is 1. The Kier molecular flexibility index (Phi) is 4.52. The largest absolute Gasteiger partial charge is 0.336 e. The highest BCUT2D eigenvalue weighted by Crippen LogP contribution is 2.09. The van der Waals surface area contributed by atoms with Crippen molar-refractivity contribution < 1.29 is 4.79 Å². The molecule has 0 radical (unpaired) electrons. The van der Waals surface area contributed by atoms with Gasteiger partial charge in [0.1, 0.15) is 5.56 Å². The lowest BCUT2D eigenvalue weighted by Crippen LogP contribution is -2.49. The van der Waals surface area contributed by atoms with Gasteiger partial charge >= 0.3 is 0 Å². The molecule has 0 saturated carbocycles. The highest BCUT2D eigenvalue weighted by molar-refractivity contribution is 5.93. The first-order valence-electron chi connectivity index (χ1n) is 7.75. The van der Waals surface area contributed by atoms with Crippen LogP contribution in [0.2, 0.25) is 0 Å². The monoisotopic (exact) mass is 312 g/mol. The van der Waals surface area contributed by atoms with E-state index in [0.717, 1.165) is 31.0 Å². The first-order valence-corrected chi connectivity index (χ1v) is 7.75. The number of pyridine rings is 2. The summed E-state index contributed by atoms with van der Waals surface area (Å²) in [5, 5.41) is 0. The van der Waals surface area contributed by atoms with Crippen LogP contribution >= 0.6 is 0 Å². The molecule has 1 saturated heterocycles. The molecule has 0 unspecified atom stereocenters. The van der Waals surface area contributed by atoms with Gasteiger partial charge in [-0.3, -0.25) is 19.5 Å². The van der Waals surface area contributed by atoms with E-state index in [2.05, 4.69) is 14.9 Å². The normalized spacial score (nSPS) is 15.6. The number of nitrogens with zero attached hydrogens (tertiary/aromatic N) is 3. The van der Waals surface area contributed by atoms with Crippen LogP contribution < -0.4 is 5.56 Å². The van der Waals surface area contributed by atoms with Gasteiger partial charge in [0, 0.05) is 44.6 Å². The fourth-order valence-corrected chi connectivity index (χ4v) is 2.74. The second-order valence-electron chi connectivity index (χ2n) is 5.77. The van der Waals surface area contributed by atoms with Crippen LogP contribution in [0.25, 0.3) is 0 Å². The van der Waals surface area contributed by atoms with Crippen molar-refractivity contribution >= 4 is 5.91 Å². The van der Waals surface area contributed by atoms with E-state index < -0.39 is 0 Å². The van der Waals surface area contributed by atoms with E-state index in [4.69, 9.17) is 0 Å². The van der Waals surface area contributed by atoms with Crippen molar-refractivity contribution in [3.8, 4) is 0 Å². The third-order valence-electron chi connectivity index (χ3n) is 4.06. The van der Waals surface area contributed by atoms with E-state index in [1.807, 2.05) is 18.2 Å². The standard InChI is InChI=1S/C17H20N4O2/c1-13-5-6-15(16(22)19-13)17(23)21-10-8-20(9-11-21)12-14-4-2-3-7-18-14/h2-7H,8-12H2,1H3,(H,19,22). The molecule has 3 rings (SSSR count). The molecule has 6 nitrogen and oxygen atoms in total. The van der Waals surface area contributed by atoms with E-state index >= 15 is 0 Å². The minimum absolute atomic E-state index is 0.191. The topological polar surface area (TPSA) is 69.3 Å². The Balaban J connectivity index is 1.60. The van der Waals surface area contributed by atoms with Crippen LogP contribution in [0.5, 0.6) is 0 Å². The first kappa shape index (κ1) is 15.4. The number of aromatic nitrogens is 2. The summed E-state index contributed by atoms with van der Waals surface area (Å²) in [7, 11) is 0. The number of hydrogen-bond acceptors (Lipinski definition) is 4. The van der Waals surface area contributed by atoms with Crippen LogP contribution in [0, 0.1) is 6.92 Å². The number of rotatable bonds is 3. The molecule has 0 spiro atoms. The lowest BCUT2D eigenvalue weighted by Gasteiger charge is -2.34. The van der Waals surface area contributed by atoms with Gasteiger partial charge in [0.2, 0.25) is 0 Å². The lowest BCUT2D eigenvalue weighted by molar-refractivity contribution is 0.0625. The van der Waals surface area contributed by atoms with Crippen molar-refractivity contribution in [2.75, 3.05) is 26.2 Å². The molecule has 1 amide bonds. The number of hydrogen-bond donors (Lipinski definition) is 1. The van der Waals surface area contributed by atoms with Crippen LogP contribution in [0.1, 0.15) is 21.7 Å². The number of piperazine rings is 1. The van der Waals surface area contributed by atoms with Gasteiger partial charge in [0.25, 0.3) is 11.5 Å². The van der Waals surface area contributed by atoms with Crippen molar-refractivity contribution in [3.05, 3.63) is 63.8 Å². The number of carbonyl (C=O) groups is 1. The molecule has 120 valence electrons. The Morgan fingerprint density at radius 2 is 1.96 bits per heavy atom. The molecule has 0 aliphatic carbocycles. The summed E-state index contributed by atoms with van der Waals surface area (Å²) in [6, 6.07) is 9.25. The molecule has 1 aliphatic heterocycles. The summed E-state index contributed by atoms with van der Waals surface area (Å²) in [6.45, 7) is 5.40. The summed E-state index contributed by atoms with van der Waals surface area (Å²) in [6.07, 6.45) is 1.79. The van der Waals surface area contributed by atoms with Gasteiger partial charge in [0.05, 0.1) is 5.69 Å². The van der Waals surface area contributed by atoms with Crippen molar-refractivity contribution in [2.45, 2.75) is 13.5 Å². The number of carbonyl (C=O) groups excluding carboxylic acids is 1. The molecule has 1 N–H and O–H groups in total. The first-order chi connectivity index (χ1) is 11.1. The van der Waals surface area contributed by atoms with Crippen molar-refractivity contribution in [2.24, 2.45) is 0 Å². The molecular weight excluding hydrogens is 292 g/mol. The Hall–Kier alpha value is -2.47. The van der Waals surface area contributed by atoms with Crippen molar-refractivity contribution in [1.82, 2.24) is 19.8 Å². The minimum atomic E-state index is -0.314. The zero-order valence-electron chi connectivity index (χ0n) is 13.2. The Morgan fingerprint density at radius 1 is 1.17 bits per heavy atom. The predicted molar refractivity (Wildman–Crippen MR) is 87.2 cm³/mol. The van der Waals surface area contributed by atoms with Crippen molar-refractivity contribution in [1.29, 1.82) is 0 Å². The fourth-order valence-electron chi connectivity index (χ4n) is 2.74. The van der Waals surface area contributed by atoms with Gasteiger partial charge < -0.3 is 9.88 Å². The summed E-state index contributed by atoms with van der Waals surface area (Å²) < 4.78 is 0. The summed E-state index contributed by atoms with van der Waals surface area (Å²) in [5.74, 6) is -0.191. The maximum absolute atomic E-state index is 12.5. The molecule has 6 heteroatoms. The Labute approximate surface area is 134 Å². The average molecular weight is 312 g/mol. The van der Waals surface area contributed by atoms with E-state index in [-0.39, 0.29) is 17.0 Å². The van der Waals surface area contributed by atoms with Crippen LogP contribution in [0.4, 0.5) is 0 Å². The van der Waals surface area contributed by atoms with E-state index in [9.17, 15) is 9.59 Å². The molecule has 0 atom stereocenters. The van der Waals surface area contributed by atoms with Crippen LogP contribution in [-0.2, 0) is 6.54 Å². The highest BCUT2D eigenvalue weighted by Gasteiger charge is 2.23. The van der Waals surface area contributed by atoms with E-state index in [1.54, 1.807) is 30.2 Å². The molecule has 1 fully saturated rings. The predicted octanol–water partition coefficient (Wildman–Crippen LogP) is 1.04. The SMILES string of the molecule is Cc1ccc(C(=O)N2CCN(Cc3ccccn3)CC2)c(=O)[nH]1. The number of amides is 1. The smallest absolute Gasteiger partial charge is 0.260 e. The van der Waals surface area contributed by atoms with E-state index in [1.165, 1.54) is 0 Å². The van der Waals surface area contributed by atoms with Gasteiger partial charge in [0.15, 0.2) is 0 Å². The van der Waals surface area contributed by atoms with Crippen molar-refractivity contribution in [3.63, 3.8) is 0 Å². The minimum Gasteiger partial charge on any atom is -0.336 e. The van der Waals surface area contributed by atoms with Gasteiger partial charge in [-0.05, 0) is 31.2 Å². The molecule has 0 bridgehead atoms. The Morgan fingerprint density at radius 3 is 2.61 bits per heavy atom. The van der Waals surface area contributed by atoms with Gasteiger partial charge in [-0.1, -0.05) is 6.07 Å². The van der Waals surface area contributed by atoms with Crippen LogP contribution in [0.15, 0.2) is 41.3 Å². The van der Waals surface area contributed by atoms with E-state index in [0.29, 0.717) is 13.1 Å². The van der Waals surface area contributed by atoms with Crippen LogP contribution in [0.3, 0.4) is 0 Å². The third-order valence-corrected chi connectivity index (χ3v) is 4.06. The maximum atomic E-state index is 12.5. The second-order valence-corrected chi connectivity index (χ2v) is 5.77. The molecular formula is C17H20N4O2. The van der Waals surface area contributed by atoms with Crippen LogP contribution in [-0.4, -0.2) is 51.9 Å². The third kappa shape index (κ3) is 3.65. The lowest BCUT2D eigenvalue weighted by atomic mass is 10.2. The number of nitrogens with one attached hydrogen (secondary N) is 1. The molecule has 2 aromatic rings. The Bertz CT molecular complexity index is 734. The zero-order valence-corrected chi connectivity index (χ0v) is 13.2. The average Bonchev–Trinajstić information content (AvgIpc) is 2.56. The highest BCUT2D eigenvalue weighted by atomic mass is 16.2. The number of aromatic amines is 1. The fraction of sp³-hybridized carbons (Fsp3) is 0.353.